The molecular formula is C11H19N3OS. The van der Waals surface area contributed by atoms with Gasteiger partial charge in [-0.1, -0.05) is 6.92 Å². The van der Waals surface area contributed by atoms with Gasteiger partial charge in [-0.3, -0.25) is 4.79 Å². The van der Waals surface area contributed by atoms with Gasteiger partial charge in [0.1, 0.15) is 0 Å². The van der Waals surface area contributed by atoms with Gasteiger partial charge in [-0.15, -0.1) is 11.3 Å². The third kappa shape index (κ3) is 4.28. The Morgan fingerprint density at radius 1 is 1.62 bits per heavy atom. The molecule has 2 atom stereocenters. The minimum Gasteiger partial charge on any atom is -0.370 e. The van der Waals surface area contributed by atoms with Crippen LogP contribution in [0.25, 0.3) is 0 Å². The predicted octanol–water partition coefficient (Wildman–Crippen LogP) is 1.41. The SMILES string of the molecule is Cc1cnc(C(C)CNC(C)CC(N)=O)s1. The molecule has 1 aromatic rings. The molecule has 5 heteroatoms. The lowest BCUT2D eigenvalue weighted by Gasteiger charge is -2.15. The van der Waals surface area contributed by atoms with Gasteiger partial charge in [-0.05, 0) is 13.8 Å². The first kappa shape index (κ1) is 13.1. The van der Waals surface area contributed by atoms with E-state index in [4.69, 9.17) is 5.73 Å². The summed E-state index contributed by atoms with van der Waals surface area (Å²) < 4.78 is 0. The van der Waals surface area contributed by atoms with E-state index < -0.39 is 0 Å². The van der Waals surface area contributed by atoms with Crippen molar-refractivity contribution in [3.05, 3.63) is 16.1 Å². The molecule has 1 amide bonds. The average molecular weight is 241 g/mol. The standard InChI is InChI=1S/C11H19N3OS/c1-7(11-14-6-9(3)16-11)5-13-8(2)4-10(12)15/h6-8,13H,4-5H2,1-3H3,(H2,12,15). The van der Waals surface area contributed by atoms with Crippen LogP contribution in [-0.2, 0) is 4.79 Å². The van der Waals surface area contributed by atoms with Crippen LogP contribution in [0, 0.1) is 6.92 Å². The summed E-state index contributed by atoms with van der Waals surface area (Å²) in [5, 5.41) is 4.42. The minimum absolute atomic E-state index is 0.126. The Morgan fingerprint density at radius 3 is 2.81 bits per heavy atom. The van der Waals surface area contributed by atoms with E-state index >= 15 is 0 Å². The summed E-state index contributed by atoms with van der Waals surface area (Å²) in [6, 6.07) is 0.126. The zero-order valence-electron chi connectivity index (χ0n) is 9.99. The largest absolute Gasteiger partial charge is 0.370 e. The van der Waals surface area contributed by atoms with E-state index in [1.165, 1.54) is 4.88 Å². The van der Waals surface area contributed by atoms with Crippen molar-refractivity contribution in [2.75, 3.05) is 6.54 Å². The molecule has 0 aromatic carbocycles. The van der Waals surface area contributed by atoms with Crippen molar-refractivity contribution in [1.29, 1.82) is 0 Å². The van der Waals surface area contributed by atoms with Crippen LogP contribution in [0.4, 0.5) is 0 Å². The fraction of sp³-hybridized carbons (Fsp3) is 0.636. The lowest BCUT2D eigenvalue weighted by molar-refractivity contribution is -0.118. The Kier molecular flexibility index (Phi) is 4.89. The van der Waals surface area contributed by atoms with Crippen LogP contribution in [0.5, 0.6) is 0 Å². The maximum Gasteiger partial charge on any atom is 0.218 e. The smallest absolute Gasteiger partial charge is 0.218 e. The average Bonchev–Trinajstić information content (AvgIpc) is 2.60. The van der Waals surface area contributed by atoms with Crippen LogP contribution in [0.2, 0.25) is 0 Å². The third-order valence-electron chi connectivity index (χ3n) is 2.34. The molecule has 0 radical (unpaired) electrons. The topological polar surface area (TPSA) is 68.0 Å². The number of aromatic nitrogens is 1. The van der Waals surface area contributed by atoms with E-state index in [-0.39, 0.29) is 11.9 Å². The summed E-state index contributed by atoms with van der Waals surface area (Å²) in [6.45, 7) is 6.96. The lowest BCUT2D eigenvalue weighted by Crippen LogP contribution is -2.33. The molecule has 16 heavy (non-hydrogen) atoms. The quantitative estimate of drug-likeness (QED) is 0.791. The molecule has 90 valence electrons. The summed E-state index contributed by atoms with van der Waals surface area (Å²) in [4.78, 5) is 16.3. The lowest BCUT2D eigenvalue weighted by atomic mass is 10.1. The van der Waals surface area contributed by atoms with E-state index in [1.807, 2.05) is 13.1 Å². The monoisotopic (exact) mass is 241 g/mol. The molecule has 2 unspecified atom stereocenters. The second-order valence-corrected chi connectivity index (χ2v) is 5.46. The molecule has 0 aliphatic heterocycles. The van der Waals surface area contributed by atoms with Crippen molar-refractivity contribution in [3.8, 4) is 0 Å². The molecule has 0 aliphatic rings. The molecule has 4 nitrogen and oxygen atoms in total. The van der Waals surface area contributed by atoms with E-state index in [9.17, 15) is 4.79 Å². The van der Waals surface area contributed by atoms with Crippen molar-refractivity contribution >= 4 is 17.2 Å². The molecule has 0 bridgehead atoms. The van der Waals surface area contributed by atoms with E-state index in [0.29, 0.717) is 12.3 Å². The van der Waals surface area contributed by atoms with Crippen LogP contribution in [0.1, 0.15) is 36.1 Å². The first-order valence-electron chi connectivity index (χ1n) is 5.43. The van der Waals surface area contributed by atoms with E-state index in [0.717, 1.165) is 11.6 Å². The first-order valence-corrected chi connectivity index (χ1v) is 6.24. The highest BCUT2D eigenvalue weighted by Gasteiger charge is 2.11. The normalized spacial score (nSPS) is 14.7. The summed E-state index contributed by atoms with van der Waals surface area (Å²) in [5.41, 5.74) is 5.12. The number of nitrogens with zero attached hydrogens (tertiary/aromatic N) is 1. The molecule has 1 heterocycles. The highest BCUT2D eigenvalue weighted by Crippen LogP contribution is 2.20. The maximum absolute atomic E-state index is 10.7. The number of hydrogen-bond acceptors (Lipinski definition) is 4. The molecule has 0 saturated carbocycles. The second kappa shape index (κ2) is 5.96. The number of primary amides is 1. The van der Waals surface area contributed by atoms with Crippen molar-refractivity contribution in [2.45, 2.75) is 39.2 Å². The van der Waals surface area contributed by atoms with Gasteiger partial charge < -0.3 is 11.1 Å². The Labute approximate surface area is 100 Å². The summed E-state index contributed by atoms with van der Waals surface area (Å²) in [7, 11) is 0. The van der Waals surface area contributed by atoms with E-state index in [1.54, 1.807) is 11.3 Å². The number of aryl methyl sites for hydroxylation is 1. The van der Waals surface area contributed by atoms with Gasteiger partial charge in [-0.2, -0.15) is 0 Å². The van der Waals surface area contributed by atoms with Crippen LogP contribution in [0.15, 0.2) is 6.20 Å². The highest BCUT2D eigenvalue weighted by molar-refractivity contribution is 7.11. The highest BCUT2D eigenvalue weighted by atomic mass is 32.1. The van der Waals surface area contributed by atoms with Gasteiger partial charge in [0.2, 0.25) is 5.91 Å². The Bertz CT molecular complexity index is 351. The summed E-state index contributed by atoms with van der Waals surface area (Å²) in [5.74, 6) is 0.103. The molecule has 0 fully saturated rings. The minimum atomic E-state index is -0.266. The third-order valence-corrected chi connectivity index (χ3v) is 3.48. The van der Waals surface area contributed by atoms with E-state index in [2.05, 4.69) is 24.1 Å². The Morgan fingerprint density at radius 2 is 2.31 bits per heavy atom. The number of carbonyl (C=O) groups is 1. The molecule has 0 aliphatic carbocycles. The van der Waals surface area contributed by atoms with Crippen molar-refractivity contribution in [1.82, 2.24) is 10.3 Å². The maximum atomic E-state index is 10.7. The molecule has 1 aromatic heterocycles. The number of nitrogens with two attached hydrogens (primary N) is 1. The zero-order valence-corrected chi connectivity index (χ0v) is 10.8. The predicted molar refractivity (Wildman–Crippen MR) is 66.5 cm³/mol. The zero-order chi connectivity index (χ0) is 12.1. The van der Waals surface area contributed by atoms with Gasteiger partial charge in [0.05, 0.1) is 5.01 Å². The van der Waals surface area contributed by atoms with Gasteiger partial charge >= 0.3 is 0 Å². The molecule has 3 N–H and O–H groups in total. The van der Waals surface area contributed by atoms with Crippen LogP contribution in [0.3, 0.4) is 0 Å². The summed E-state index contributed by atoms with van der Waals surface area (Å²) in [6.07, 6.45) is 2.27. The number of rotatable bonds is 6. The van der Waals surface area contributed by atoms with Crippen LogP contribution in [-0.4, -0.2) is 23.5 Å². The molecule has 0 saturated heterocycles. The van der Waals surface area contributed by atoms with Gasteiger partial charge in [0.15, 0.2) is 0 Å². The van der Waals surface area contributed by atoms with Crippen LogP contribution >= 0.6 is 11.3 Å². The van der Waals surface area contributed by atoms with Crippen molar-refractivity contribution in [3.63, 3.8) is 0 Å². The number of amides is 1. The fourth-order valence-corrected chi connectivity index (χ4v) is 2.26. The Balaban J connectivity index is 2.35. The second-order valence-electron chi connectivity index (χ2n) is 4.19. The number of carbonyl (C=O) groups excluding carboxylic acids is 1. The first-order chi connectivity index (χ1) is 7.49. The number of hydrogen-bond donors (Lipinski definition) is 2. The van der Waals surface area contributed by atoms with Gasteiger partial charge in [0, 0.05) is 36.0 Å². The number of thiazole rings is 1. The summed E-state index contributed by atoms with van der Waals surface area (Å²) >= 11 is 1.72. The Hall–Kier alpha value is -0.940. The van der Waals surface area contributed by atoms with Crippen molar-refractivity contribution in [2.24, 2.45) is 5.73 Å². The van der Waals surface area contributed by atoms with Crippen molar-refractivity contribution < 1.29 is 4.79 Å². The fourth-order valence-electron chi connectivity index (χ4n) is 1.44. The molecule has 0 spiro atoms. The van der Waals surface area contributed by atoms with Gasteiger partial charge in [0.25, 0.3) is 0 Å². The van der Waals surface area contributed by atoms with Crippen LogP contribution < -0.4 is 11.1 Å². The number of nitrogens with one attached hydrogen (secondary N) is 1. The van der Waals surface area contributed by atoms with Gasteiger partial charge in [-0.25, -0.2) is 4.98 Å². The molecule has 1 rings (SSSR count). The molecular weight excluding hydrogens is 222 g/mol.